The van der Waals surface area contributed by atoms with Crippen LogP contribution in [0.5, 0.6) is 0 Å². The molecule has 0 bridgehead atoms. The van der Waals surface area contributed by atoms with Gasteiger partial charge in [-0.3, -0.25) is 0 Å². The van der Waals surface area contributed by atoms with E-state index in [1.165, 1.54) is 28.5 Å². The summed E-state index contributed by atoms with van der Waals surface area (Å²) in [5.74, 6) is 1.27. The van der Waals surface area contributed by atoms with E-state index in [-0.39, 0.29) is 0 Å². The molecule has 1 aromatic rings. The third kappa shape index (κ3) is 4.45. The number of rotatable bonds is 9. The van der Waals surface area contributed by atoms with Crippen LogP contribution in [0.1, 0.15) is 63.9 Å². The van der Waals surface area contributed by atoms with Gasteiger partial charge in [-0.2, -0.15) is 0 Å². The minimum Gasteiger partial charge on any atom is -0.348 e. The fourth-order valence-corrected chi connectivity index (χ4v) is 3.72. The normalized spacial score (nSPS) is 11.6. The highest BCUT2D eigenvalue weighted by Gasteiger charge is 2.18. The van der Waals surface area contributed by atoms with E-state index in [0.717, 1.165) is 25.6 Å². The Morgan fingerprint density at radius 2 is 1.85 bits per heavy atom. The molecule has 1 N–H and O–H groups in total. The molecule has 0 aliphatic rings. The van der Waals surface area contributed by atoms with Crippen LogP contribution in [0.4, 0.5) is 5.13 Å². The molecule has 116 valence electrons. The lowest BCUT2D eigenvalue weighted by molar-refractivity contribution is 0.485. The van der Waals surface area contributed by atoms with Crippen molar-refractivity contribution in [1.82, 2.24) is 10.3 Å². The zero-order valence-electron chi connectivity index (χ0n) is 14.0. The molecular weight excluding hydrogens is 266 g/mol. The first-order valence-corrected chi connectivity index (χ1v) is 8.77. The second kappa shape index (κ2) is 8.63. The van der Waals surface area contributed by atoms with Crippen LogP contribution >= 0.6 is 11.3 Å². The summed E-state index contributed by atoms with van der Waals surface area (Å²) in [5, 5.41) is 4.47. The fourth-order valence-electron chi connectivity index (χ4n) is 2.43. The summed E-state index contributed by atoms with van der Waals surface area (Å²) in [7, 11) is 2.01. The Hall–Kier alpha value is -0.610. The van der Waals surface area contributed by atoms with E-state index in [0.29, 0.717) is 5.92 Å². The molecule has 1 rings (SSSR count). The van der Waals surface area contributed by atoms with Crippen molar-refractivity contribution in [2.45, 2.75) is 59.9 Å². The van der Waals surface area contributed by atoms with Gasteiger partial charge in [-0.15, -0.1) is 11.3 Å². The molecule has 0 saturated heterocycles. The van der Waals surface area contributed by atoms with Crippen molar-refractivity contribution in [3.63, 3.8) is 0 Å². The average molecular weight is 298 g/mol. The standard InChI is InChI=1S/C16H31N3S/c1-7-13(8-2)11-19(9-3)16-18-15(12(4)5)14(20-16)10-17-6/h12-13,17H,7-11H2,1-6H3. The van der Waals surface area contributed by atoms with Gasteiger partial charge in [0, 0.05) is 24.5 Å². The van der Waals surface area contributed by atoms with E-state index in [9.17, 15) is 0 Å². The predicted octanol–water partition coefficient (Wildman–Crippen LogP) is 4.25. The average Bonchev–Trinajstić information content (AvgIpc) is 2.85. The highest BCUT2D eigenvalue weighted by Crippen LogP contribution is 2.31. The number of nitrogens with one attached hydrogen (secondary N) is 1. The molecule has 0 aromatic carbocycles. The highest BCUT2D eigenvalue weighted by molar-refractivity contribution is 7.15. The van der Waals surface area contributed by atoms with Crippen LogP contribution in [0.3, 0.4) is 0 Å². The summed E-state index contributed by atoms with van der Waals surface area (Å²) in [6.45, 7) is 14.4. The summed E-state index contributed by atoms with van der Waals surface area (Å²) < 4.78 is 0. The minimum atomic E-state index is 0.496. The Morgan fingerprint density at radius 1 is 1.20 bits per heavy atom. The monoisotopic (exact) mass is 297 g/mol. The van der Waals surface area contributed by atoms with Gasteiger partial charge in [-0.25, -0.2) is 4.98 Å². The third-order valence-corrected chi connectivity index (χ3v) is 5.02. The Morgan fingerprint density at radius 3 is 2.30 bits per heavy atom. The maximum atomic E-state index is 4.93. The molecule has 0 amide bonds. The van der Waals surface area contributed by atoms with Crippen molar-refractivity contribution in [1.29, 1.82) is 0 Å². The molecule has 1 heterocycles. The van der Waals surface area contributed by atoms with E-state index in [4.69, 9.17) is 4.98 Å². The van der Waals surface area contributed by atoms with E-state index < -0.39 is 0 Å². The first-order valence-electron chi connectivity index (χ1n) is 7.96. The van der Waals surface area contributed by atoms with E-state index >= 15 is 0 Å². The van der Waals surface area contributed by atoms with Crippen LogP contribution in [0, 0.1) is 5.92 Å². The maximum absolute atomic E-state index is 4.93. The highest BCUT2D eigenvalue weighted by atomic mass is 32.1. The van der Waals surface area contributed by atoms with Crippen molar-refractivity contribution in [3.8, 4) is 0 Å². The molecule has 3 nitrogen and oxygen atoms in total. The number of hydrogen-bond donors (Lipinski definition) is 1. The Bertz CT molecular complexity index is 383. The SMILES string of the molecule is CCC(CC)CN(CC)c1nc(C(C)C)c(CNC)s1. The van der Waals surface area contributed by atoms with Gasteiger partial charge in [0.2, 0.25) is 0 Å². The molecule has 0 aliphatic heterocycles. The molecule has 4 heteroatoms. The first-order chi connectivity index (χ1) is 9.57. The molecule has 0 radical (unpaired) electrons. The molecule has 0 aliphatic carbocycles. The lowest BCUT2D eigenvalue weighted by Crippen LogP contribution is -2.28. The predicted molar refractivity (Wildman–Crippen MR) is 90.9 cm³/mol. The van der Waals surface area contributed by atoms with Gasteiger partial charge in [0.15, 0.2) is 5.13 Å². The number of hydrogen-bond acceptors (Lipinski definition) is 4. The van der Waals surface area contributed by atoms with Crippen LogP contribution in [0.15, 0.2) is 0 Å². The molecular formula is C16H31N3S. The van der Waals surface area contributed by atoms with Crippen LogP contribution in [-0.4, -0.2) is 25.1 Å². The Balaban J connectivity index is 2.94. The molecule has 0 atom stereocenters. The van der Waals surface area contributed by atoms with Gasteiger partial charge < -0.3 is 10.2 Å². The Labute approximate surface area is 128 Å². The van der Waals surface area contributed by atoms with Gasteiger partial charge in [0.05, 0.1) is 5.69 Å². The molecule has 0 unspecified atom stereocenters. The summed E-state index contributed by atoms with van der Waals surface area (Å²) in [5.41, 5.74) is 1.27. The van der Waals surface area contributed by atoms with Crippen molar-refractivity contribution >= 4 is 16.5 Å². The smallest absolute Gasteiger partial charge is 0.185 e. The van der Waals surface area contributed by atoms with Crippen LogP contribution in [-0.2, 0) is 6.54 Å². The molecule has 1 aromatic heterocycles. The molecule has 0 fully saturated rings. The van der Waals surface area contributed by atoms with Crippen molar-refractivity contribution in [2.24, 2.45) is 5.92 Å². The van der Waals surface area contributed by atoms with Gasteiger partial charge in [-0.05, 0) is 25.8 Å². The Kier molecular flexibility index (Phi) is 7.52. The summed E-state index contributed by atoms with van der Waals surface area (Å²) in [6, 6.07) is 0. The number of nitrogens with zero attached hydrogens (tertiary/aromatic N) is 2. The lowest BCUT2D eigenvalue weighted by atomic mass is 10.0. The molecule has 20 heavy (non-hydrogen) atoms. The lowest BCUT2D eigenvalue weighted by Gasteiger charge is -2.24. The van der Waals surface area contributed by atoms with Crippen molar-refractivity contribution in [2.75, 3.05) is 25.0 Å². The number of aromatic nitrogens is 1. The minimum absolute atomic E-state index is 0.496. The van der Waals surface area contributed by atoms with Gasteiger partial charge in [0.1, 0.15) is 0 Å². The topological polar surface area (TPSA) is 28.2 Å². The van der Waals surface area contributed by atoms with Crippen LogP contribution < -0.4 is 10.2 Å². The van der Waals surface area contributed by atoms with E-state index in [2.05, 4.69) is 44.8 Å². The van der Waals surface area contributed by atoms with Gasteiger partial charge in [-0.1, -0.05) is 40.5 Å². The number of thiazole rings is 1. The summed E-state index contributed by atoms with van der Waals surface area (Å²) in [6.07, 6.45) is 2.50. The second-order valence-corrected chi connectivity index (χ2v) is 6.77. The van der Waals surface area contributed by atoms with E-state index in [1.54, 1.807) is 0 Å². The van der Waals surface area contributed by atoms with Gasteiger partial charge in [0.25, 0.3) is 0 Å². The third-order valence-electron chi connectivity index (χ3n) is 3.89. The zero-order valence-corrected chi connectivity index (χ0v) is 14.8. The van der Waals surface area contributed by atoms with Crippen molar-refractivity contribution in [3.05, 3.63) is 10.6 Å². The quantitative estimate of drug-likeness (QED) is 0.738. The largest absolute Gasteiger partial charge is 0.348 e. The molecule has 0 saturated carbocycles. The van der Waals surface area contributed by atoms with Gasteiger partial charge >= 0.3 is 0 Å². The van der Waals surface area contributed by atoms with Crippen LogP contribution in [0.25, 0.3) is 0 Å². The fraction of sp³-hybridized carbons (Fsp3) is 0.812. The number of anilines is 1. The first kappa shape index (κ1) is 17.4. The zero-order chi connectivity index (χ0) is 15.1. The van der Waals surface area contributed by atoms with E-state index in [1.807, 2.05) is 18.4 Å². The van der Waals surface area contributed by atoms with Crippen molar-refractivity contribution < 1.29 is 0 Å². The maximum Gasteiger partial charge on any atom is 0.185 e. The summed E-state index contributed by atoms with van der Waals surface area (Å²) >= 11 is 1.86. The second-order valence-electron chi connectivity index (χ2n) is 5.71. The molecule has 0 spiro atoms. The summed E-state index contributed by atoms with van der Waals surface area (Å²) in [4.78, 5) is 8.77. The van der Waals surface area contributed by atoms with Crippen LogP contribution in [0.2, 0.25) is 0 Å².